The molecule has 0 radical (unpaired) electrons. The van der Waals surface area contributed by atoms with Crippen molar-refractivity contribution in [3.63, 3.8) is 0 Å². The minimum atomic E-state index is -0.741. The topological polar surface area (TPSA) is 45.2 Å². The molecule has 25 heavy (non-hydrogen) atoms. The number of carbonyl (C=O) groups is 1. The van der Waals surface area contributed by atoms with Crippen LogP contribution in [0.1, 0.15) is 42.6 Å². The molecule has 1 N–H and O–H groups in total. The third-order valence-corrected chi connectivity index (χ3v) is 4.78. The Bertz CT molecular complexity index is 771. The summed E-state index contributed by atoms with van der Waals surface area (Å²) in [6, 6.07) is 7.82. The van der Waals surface area contributed by atoms with Crippen LogP contribution in [-0.2, 0) is 5.54 Å². The Morgan fingerprint density at radius 2 is 1.96 bits per heavy atom. The summed E-state index contributed by atoms with van der Waals surface area (Å²) in [5, 5.41) is 3.22. The summed E-state index contributed by atoms with van der Waals surface area (Å²) < 4.78 is 13.2. The second-order valence-corrected chi connectivity index (χ2v) is 7.21. The number of rotatable bonds is 4. The van der Waals surface area contributed by atoms with Crippen molar-refractivity contribution in [2.75, 3.05) is 18.0 Å². The first-order chi connectivity index (χ1) is 11.9. The van der Waals surface area contributed by atoms with Crippen molar-refractivity contribution < 1.29 is 9.18 Å². The molecule has 1 aromatic heterocycles. The zero-order chi connectivity index (χ0) is 18.0. The molecule has 2 heterocycles. The summed E-state index contributed by atoms with van der Waals surface area (Å²) in [6.07, 6.45) is 3.94. The van der Waals surface area contributed by atoms with E-state index in [1.165, 1.54) is 25.0 Å². The Kier molecular flexibility index (Phi) is 4.95. The monoisotopic (exact) mass is 361 g/mol. The van der Waals surface area contributed by atoms with Crippen molar-refractivity contribution in [2.45, 2.75) is 32.2 Å². The highest BCUT2D eigenvalue weighted by atomic mass is 35.5. The summed E-state index contributed by atoms with van der Waals surface area (Å²) in [6.45, 7) is 5.68. The van der Waals surface area contributed by atoms with Crippen LogP contribution in [0.25, 0.3) is 0 Å². The third-order valence-electron chi connectivity index (χ3n) is 4.47. The van der Waals surface area contributed by atoms with Gasteiger partial charge in [-0.3, -0.25) is 4.79 Å². The number of hydrogen-bond donors (Lipinski definition) is 1. The molecule has 1 aromatic carbocycles. The molecule has 4 nitrogen and oxygen atoms in total. The van der Waals surface area contributed by atoms with Crippen molar-refractivity contribution >= 4 is 23.3 Å². The number of pyridine rings is 1. The first kappa shape index (κ1) is 17.7. The second kappa shape index (κ2) is 7.00. The molecule has 0 bridgehead atoms. The second-order valence-electron chi connectivity index (χ2n) is 6.80. The van der Waals surface area contributed by atoms with Crippen molar-refractivity contribution in [1.82, 2.24) is 10.3 Å². The van der Waals surface area contributed by atoms with Crippen LogP contribution in [-0.4, -0.2) is 24.0 Å². The molecule has 0 spiro atoms. The van der Waals surface area contributed by atoms with Gasteiger partial charge in [0, 0.05) is 24.3 Å². The first-order valence-electron chi connectivity index (χ1n) is 8.36. The number of hydrogen-bond acceptors (Lipinski definition) is 3. The molecular weight excluding hydrogens is 341 g/mol. The quantitative estimate of drug-likeness (QED) is 0.890. The average Bonchev–Trinajstić information content (AvgIpc) is 3.08. The molecule has 2 aromatic rings. The van der Waals surface area contributed by atoms with Gasteiger partial charge in [-0.05, 0) is 56.5 Å². The number of benzene rings is 1. The molecular formula is C19H21ClFN3O. The van der Waals surface area contributed by atoms with Gasteiger partial charge in [0.25, 0.3) is 5.91 Å². The van der Waals surface area contributed by atoms with Gasteiger partial charge in [0.1, 0.15) is 11.6 Å². The fourth-order valence-electron chi connectivity index (χ4n) is 3.07. The lowest BCUT2D eigenvalue weighted by atomic mass is 9.93. The van der Waals surface area contributed by atoms with E-state index in [0.29, 0.717) is 11.1 Å². The van der Waals surface area contributed by atoms with E-state index >= 15 is 0 Å². The minimum absolute atomic E-state index is 0.245. The van der Waals surface area contributed by atoms with E-state index in [4.69, 9.17) is 11.6 Å². The van der Waals surface area contributed by atoms with Gasteiger partial charge in [-0.15, -0.1) is 0 Å². The lowest BCUT2D eigenvalue weighted by molar-refractivity contribution is 0.0912. The molecule has 132 valence electrons. The number of amides is 1. The van der Waals surface area contributed by atoms with Crippen LogP contribution >= 0.6 is 11.6 Å². The summed E-state index contributed by atoms with van der Waals surface area (Å²) in [7, 11) is 0. The standard InChI is InChI=1S/C19H21ClFN3O/c1-19(2,15-7-6-14(21)11-16(15)20)23-18(25)13-5-8-17(22-12-13)24-9-3-4-10-24/h5-8,11-12H,3-4,9-10H2,1-2H3,(H,23,25). The molecule has 1 fully saturated rings. The van der Waals surface area contributed by atoms with Crippen LogP contribution in [0.2, 0.25) is 5.02 Å². The fraction of sp³-hybridized carbons (Fsp3) is 0.368. The van der Waals surface area contributed by atoms with Crippen LogP contribution in [0.4, 0.5) is 10.2 Å². The first-order valence-corrected chi connectivity index (χ1v) is 8.74. The highest BCUT2D eigenvalue weighted by Crippen LogP contribution is 2.28. The van der Waals surface area contributed by atoms with Crippen LogP contribution < -0.4 is 10.2 Å². The van der Waals surface area contributed by atoms with Gasteiger partial charge in [0.15, 0.2) is 0 Å². The van der Waals surface area contributed by atoms with E-state index in [-0.39, 0.29) is 10.9 Å². The Labute approximate surface area is 152 Å². The molecule has 3 rings (SSSR count). The Morgan fingerprint density at radius 3 is 2.56 bits per heavy atom. The largest absolute Gasteiger partial charge is 0.357 e. The van der Waals surface area contributed by atoms with Crippen molar-refractivity contribution in [3.05, 3.63) is 58.5 Å². The maximum absolute atomic E-state index is 13.2. The predicted octanol–water partition coefficient (Wildman–Crippen LogP) is 4.14. The molecule has 1 aliphatic heterocycles. The van der Waals surface area contributed by atoms with Crippen molar-refractivity contribution in [2.24, 2.45) is 0 Å². The van der Waals surface area contributed by atoms with Gasteiger partial charge >= 0.3 is 0 Å². The summed E-state index contributed by atoms with van der Waals surface area (Å²) >= 11 is 6.13. The summed E-state index contributed by atoms with van der Waals surface area (Å²) in [5.74, 6) is 0.248. The molecule has 0 aliphatic carbocycles. The van der Waals surface area contributed by atoms with Crippen LogP contribution in [0.15, 0.2) is 36.5 Å². The van der Waals surface area contributed by atoms with Gasteiger partial charge in [-0.2, -0.15) is 0 Å². The predicted molar refractivity (Wildman–Crippen MR) is 97.6 cm³/mol. The number of nitrogens with one attached hydrogen (secondary N) is 1. The van der Waals surface area contributed by atoms with Crippen molar-refractivity contribution in [3.8, 4) is 0 Å². The number of anilines is 1. The highest BCUT2D eigenvalue weighted by molar-refractivity contribution is 6.31. The van der Waals surface area contributed by atoms with E-state index in [1.54, 1.807) is 18.3 Å². The number of aromatic nitrogens is 1. The molecule has 6 heteroatoms. The smallest absolute Gasteiger partial charge is 0.253 e. The molecule has 1 amide bonds. The lowest BCUT2D eigenvalue weighted by Crippen LogP contribution is -2.41. The summed E-state index contributed by atoms with van der Waals surface area (Å²) in [5.41, 5.74) is 0.398. The Hall–Kier alpha value is -2.14. The zero-order valence-corrected chi connectivity index (χ0v) is 15.1. The number of nitrogens with zero attached hydrogens (tertiary/aromatic N) is 2. The SMILES string of the molecule is CC(C)(NC(=O)c1ccc(N2CCCC2)nc1)c1ccc(F)cc1Cl. The Morgan fingerprint density at radius 1 is 1.24 bits per heavy atom. The van der Waals surface area contributed by atoms with Crippen LogP contribution in [0.3, 0.4) is 0 Å². The molecule has 1 aliphatic rings. The summed E-state index contributed by atoms with van der Waals surface area (Å²) in [4.78, 5) is 19.2. The Balaban J connectivity index is 1.74. The normalized spacial score (nSPS) is 14.6. The van der Waals surface area contributed by atoms with E-state index in [9.17, 15) is 9.18 Å². The maximum atomic E-state index is 13.2. The van der Waals surface area contributed by atoms with Gasteiger partial charge in [-0.1, -0.05) is 17.7 Å². The highest BCUT2D eigenvalue weighted by Gasteiger charge is 2.26. The average molecular weight is 362 g/mol. The van der Waals surface area contributed by atoms with Gasteiger partial charge in [-0.25, -0.2) is 9.37 Å². The third kappa shape index (κ3) is 3.93. The van der Waals surface area contributed by atoms with E-state index < -0.39 is 11.4 Å². The fourth-order valence-corrected chi connectivity index (χ4v) is 3.48. The van der Waals surface area contributed by atoms with Crippen LogP contribution in [0.5, 0.6) is 0 Å². The minimum Gasteiger partial charge on any atom is -0.357 e. The van der Waals surface area contributed by atoms with Crippen LogP contribution in [0, 0.1) is 5.82 Å². The molecule has 1 saturated heterocycles. The maximum Gasteiger partial charge on any atom is 0.253 e. The number of carbonyl (C=O) groups excluding carboxylic acids is 1. The van der Waals surface area contributed by atoms with Gasteiger partial charge in [0.05, 0.1) is 11.1 Å². The van der Waals surface area contributed by atoms with Gasteiger partial charge < -0.3 is 10.2 Å². The molecule has 0 atom stereocenters. The molecule has 0 saturated carbocycles. The van der Waals surface area contributed by atoms with Crippen molar-refractivity contribution in [1.29, 1.82) is 0 Å². The van der Waals surface area contributed by atoms with E-state index in [2.05, 4.69) is 15.2 Å². The van der Waals surface area contributed by atoms with Gasteiger partial charge in [0.2, 0.25) is 0 Å². The lowest BCUT2D eigenvalue weighted by Gasteiger charge is -2.28. The number of halogens is 2. The van der Waals surface area contributed by atoms with E-state index in [0.717, 1.165) is 18.9 Å². The van der Waals surface area contributed by atoms with E-state index in [1.807, 2.05) is 19.9 Å². The zero-order valence-electron chi connectivity index (χ0n) is 14.4. The molecule has 0 unspecified atom stereocenters.